The summed E-state index contributed by atoms with van der Waals surface area (Å²) in [5.74, 6) is -0.723. The minimum atomic E-state index is -2.90. The van der Waals surface area contributed by atoms with E-state index >= 15 is 0 Å². The van der Waals surface area contributed by atoms with E-state index in [0.717, 1.165) is 29.5 Å². The number of amides is 2. The average molecular weight is 585 g/mol. The molecule has 220 valence electrons. The summed E-state index contributed by atoms with van der Waals surface area (Å²) < 4.78 is 31.8. The highest BCUT2D eigenvalue weighted by atomic mass is 32.2. The molecule has 1 fully saturated rings. The van der Waals surface area contributed by atoms with E-state index in [-0.39, 0.29) is 49.4 Å². The summed E-state index contributed by atoms with van der Waals surface area (Å²) in [5.41, 5.74) is 4.02. The number of carbonyl (C=O) groups excluding carboxylic acids is 2. The molecule has 1 aliphatic rings. The van der Waals surface area contributed by atoms with Crippen LogP contribution in [0.5, 0.6) is 0 Å². The lowest BCUT2D eigenvalue weighted by atomic mass is 10.0. The third kappa shape index (κ3) is 7.92. The number of pyridine rings is 1. The second-order valence-corrected chi connectivity index (χ2v) is 11.4. The minimum absolute atomic E-state index is 0.00710. The van der Waals surface area contributed by atoms with E-state index in [1.165, 1.54) is 4.31 Å². The Balaban J connectivity index is 1.51. The highest BCUT2D eigenvalue weighted by Gasteiger charge is 2.31. The van der Waals surface area contributed by atoms with Gasteiger partial charge in [-0.25, -0.2) is 13.4 Å². The van der Waals surface area contributed by atoms with Gasteiger partial charge < -0.3 is 20.2 Å². The predicted molar refractivity (Wildman–Crippen MR) is 154 cm³/mol. The van der Waals surface area contributed by atoms with Gasteiger partial charge in [-0.2, -0.15) is 4.31 Å². The Hall–Kier alpha value is -3.77. The smallest absolute Gasteiger partial charge is 0.303 e. The first kappa shape index (κ1) is 30.2. The number of nitrogens with one attached hydrogen (secondary N) is 2. The average Bonchev–Trinajstić information content (AvgIpc) is 3.72. The van der Waals surface area contributed by atoms with Crippen LogP contribution in [0.3, 0.4) is 0 Å². The summed E-state index contributed by atoms with van der Waals surface area (Å²) in [7, 11) is -1.34. The lowest BCUT2D eigenvalue weighted by Crippen LogP contribution is -2.26. The molecule has 0 spiro atoms. The molecule has 0 unspecified atom stereocenters. The van der Waals surface area contributed by atoms with Crippen LogP contribution in [0.4, 0.5) is 0 Å². The number of benzene rings is 1. The largest absolute Gasteiger partial charge is 0.481 e. The predicted octanol–water partition coefficient (Wildman–Crippen LogP) is 3.52. The molecule has 0 atom stereocenters. The standard InChI is InChI=1S/C29H36N4O7S/c1-18-8-10-20(11-9-18)27-26(28(37)30-2)22-16-21(19-12-13-19)23(32-29(22)40-27)17-33(41(38)39)15-4-3-6-24(34)31-14-5-7-25(35)36/h8-11,16,19,41H,3-7,12-15,17H2,1-2H3,(H,30,37)(H,31,34)(H,35,36). The third-order valence-electron chi connectivity index (χ3n) is 7.10. The van der Waals surface area contributed by atoms with Crippen LogP contribution < -0.4 is 10.6 Å². The van der Waals surface area contributed by atoms with Gasteiger partial charge >= 0.3 is 5.97 Å². The second kappa shape index (κ2) is 13.7. The Morgan fingerprint density at radius 1 is 1.10 bits per heavy atom. The molecule has 0 aliphatic heterocycles. The van der Waals surface area contributed by atoms with Gasteiger partial charge in [0.15, 0.2) is 0 Å². The van der Waals surface area contributed by atoms with Gasteiger partial charge in [0, 0.05) is 38.5 Å². The maximum absolute atomic E-state index is 13.0. The number of hydrogen-bond acceptors (Lipinski definition) is 7. The first-order chi connectivity index (χ1) is 19.7. The molecule has 4 rings (SSSR count). The van der Waals surface area contributed by atoms with Crippen molar-refractivity contribution >= 4 is 39.8 Å². The Kier molecular flexibility index (Phi) is 10.1. The number of nitrogens with zero attached hydrogens (tertiary/aromatic N) is 2. The van der Waals surface area contributed by atoms with Gasteiger partial charge in [0.1, 0.15) is 5.76 Å². The molecule has 0 bridgehead atoms. The van der Waals surface area contributed by atoms with Crippen molar-refractivity contribution in [1.82, 2.24) is 19.9 Å². The van der Waals surface area contributed by atoms with E-state index in [0.29, 0.717) is 48.2 Å². The highest BCUT2D eigenvalue weighted by Crippen LogP contribution is 2.44. The summed E-state index contributed by atoms with van der Waals surface area (Å²) in [6, 6.07) is 9.59. The van der Waals surface area contributed by atoms with Crippen molar-refractivity contribution in [2.45, 2.75) is 64.3 Å². The third-order valence-corrected chi connectivity index (χ3v) is 7.91. The van der Waals surface area contributed by atoms with Crippen molar-refractivity contribution in [3.8, 4) is 11.3 Å². The molecule has 2 aromatic heterocycles. The Morgan fingerprint density at radius 3 is 2.46 bits per heavy atom. The fourth-order valence-corrected chi connectivity index (χ4v) is 5.29. The van der Waals surface area contributed by atoms with E-state index in [4.69, 9.17) is 14.5 Å². The fraction of sp³-hybridized carbons (Fsp3) is 0.448. The minimum Gasteiger partial charge on any atom is -0.481 e. The number of carbonyl (C=O) groups is 3. The van der Waals surface area contributed by atoms with Crippen LogP contribution in [0.1, 0.15) is 78.0 Å². The molecule has 1 saturated carbocycles. The summed E-state index contributed by atoms with van der Waals surface area (Å²) in [5, 5.41) is 14.6. The van der Waals surface area contributed by atoms with Gasteiger partial charge in [-0.15, -0.1) is 0 Å². The van der Waals surface area contributed by atoms with E-state index in [9.17, 15) is 22.8 Å². The van der Waals surface area contributed by atoms with Crippen molar-refractivity contribution in [3.05, 3.63) is 52.7 Å². The normalized spacial score (nSPS) is 13.2. The van der Waals surface area contributed by atoms with Crippen molar-refractivity contribution in [1.29, 1.82) is 0 Å². The molecule has 12 heteroatoms. The first-order valence-corrected chi connectivity index (χ1v) is 14.9. The molecule has 0 radical (unpaired) electrons. The van der Waals surface area contributed by atoms with Crippen molar-refractivity contribution < 1.29 is 32.3 Å². The zero-order chi connectivity index (χ0) is 29.5. The topological polar surface area (TPSA) is 159 Å². The number of carboxylic acids is 1. The molecule has 1 aromatic carbocycles. The van der Waals surface area contributed by atoms with Gasteiger partial charge in [0.05, 0.1) is 23.2 Å². The van der Waals surface area contributed by atoms with Crippen LogP contribution >= 0.6 is 0 Å². The highest BCUT2D eigenvalue weighted by molar-refractivity contribution is 7.69. The van der Waals surface area contributed by atoms with Gasteiger partial charge in [-0.05, 0) is 56.6 Å². The van der Waals surface area contributed by atoms with E-state index in [2.05, 4.69) is 10.6 Å². The van der Waals surface area contributed by atoms with Gasteiger partial charge in [0.2, 0.25) is 22.5 Å². The number of rotatable bonds is 15. The number of hydrogen-bond donors (Lipinski definition) is 4. The molecule has 2 heterocycles. The maximum atomic E-state index is 13.0. The Labute approximate surface area is 240 Å². The molecule has 2 amide bonds. The molecule has 11 nitrogen and oxygen atoms in total. The van der Waals surface area contributed by atoms with Crippen LogP contribution in [0.2, 0.25) is 0 Å². The summed E-state index contributed by atoms with van der Waals surface area (Å²) in [6.07, 6.45) is 3.47. The molecule has 3 N–H and O–H groups in total. The number of aryl methyl sites for hydroxylation is 1. The number of aromatic nitrogens is 1. The number of unbranched alkanes of at least 4 members (excludes halogenated alkanes) is 1. The number of fused-ring (bicyclic) bond motifs is 1. The van der Waals surface area contributed by atoms with Gasteiger partial charge in [-0.3, -0.25) is 14.4 Å². The lowest BCUT2D eigenvalue weighted by molar-refractivity contribution is -0.137. The summed E-state index contributed by atoms with van der Waals surface area (Å²) in [4.78, 5) is 40.3. The monoisotopic (exact) mass is 584 g/mol. The Morgan fingerprint density at radius 2 is 1.83 bits per heavy atom. The van der Waals surface area contributed by atoms with E-state index in [1.807, 2.05) is 37.3 Å². The second-order valence-electron chi connectivity index (χ2n) is 10.3. The van der Waals surface area contributed by atoms with Gasteiger partial charge in [-0.1, -0.05) is 29.8 Å². The van der Waals surface area contributed by atoms with Crippen LogP contribution in [0.15, 0.2) is 34.7 Å². The maximum Gasteiger partial charge on any atom is 0.303 e. The number of furan rings is 1. The SMILES string of the molecule is CNC(=O)c1c(-c2ccc(C)cc2)oc2nc(CN(CCCCC(=O)NCCCC(=O)O)[SH](=O)=O)c(C3CC3)cc12. The molecular weight excluding hydrogens is 548 g/mol. The van der Waals surface area contributed by atoms with Crippen LogP contribution in [0.25, 0.3) is 22.4 Å². The molecule has 1 aliphatic carbocycles. The number of aliphatic carboxylic acids is 1. The fourth-order valence-electron chi connectivity index (χ4n) is 4.73. The van der Waals surface area contributed by atoms with Crippen LogP contribution in [-0.4, -0.2) is 60.7 Å². The van der Waals surface area contributed by atoms with Gasteiger partial charge in [0.25, 0.3) is 5.91 Å². The number of carboxylic acid groups (broad SMARTS) is 1. The lowest BCUT2D eigenvalue weighted by Gasteiger charge is -2.17. The Bertz CT molecular complexity index is 1490. The zero-order valence-electron chi connectivity index (χ0n) is 23.3. The molecule has 0 saturated heterocycles. The van der Waals surface area contributed by atoms with Crippen molar-refractivity contribution in [2.24, 2.45) is 0 Å². The molecular formula is C29H36N4O7S. The zero-order valence-corrected chi connectivity index (χ0v) is 24.2. The summed E-state index contributed by atoms with van der Waals surface area (Å²) in [6.45, 7) is 2.56. The van der Waals surface area contributed by atoms with Crippen LogP contribution in [-0.2, 0) is 27.0 Å². The first-order valence-electron chi connectivity index (χ1n) is 13.8. The quantitative estimate of drug-likeness (QED) is 0.156. The van der Waals surface area contributed by atoms with Crippen molar-refractivity contribution in [2.75, 3.05) is 20.1 Å². The summed E-state index contributed by atoms with van der Waals surface area (Å²) >= 11 is 0. The van der Waals surface area contributed by atoms with Crippen LogP contribution in [0, 0.1) is 6.92 Å². The molecule has 3 aromatic rings. The van der Waals surface area contributed by atoms with Crippen molar-refractivity contribution in [3.63, 3.8) is 0 Å². The number of thiol groups is 1. The molecule has 41 heavy (non-hydrogen) atoms. The van der Waals surface area contributed by atoms with E-state index in [1.54, 1.807) is 7.05 Å². The van der Waals surface area contributed by atoms with E-state index < -0.39 is 16.9 Å².